The Morgan fingerprint density at radius 1 is 1.21 bits per heavy atom. The molecule has 2 N–H and O–H groups in total. The van der Waals surface area contributed by atoms with E-state index in [1.807, 2.05) is 18.2 Å². The van der Waals surface area contributed by atoms with Crippen molar-refractivity contribution in [3.63, 3.8) is 0 Å². The molecule has 0 fully saturated rings. The van der Waals surface area contributed by atoms with Crippen LogP contribution < -0.4 is 10.6 Å². The zero-order valence-corrected chi connectivity index (χ0v) is 11.2. The van der Waals surface area contributed by atoms with E-state index in [0.29, 0.717) is 5.28 Å². The number of hydrogen-bond acceptors (Lipinski definition) is 4. The molecule has 0 saturated heterocycles. The lowest BCUT2D eigenvalue weighted by Gasteiger charge is -2.19. The average molecular weight is 275 g/mol. The number of halogens is 1. The second-order valence-electron chi connectivity index (χ2n) is 4.53. The van der Waals surface area contributed by atoms with Gasteiger partial charge in [0.25, 0.3) is 0 Å². The van der Waals surface area contributed by atoms with Crippen molar-refractivity contribution in [1.82, 2.24) is 15.3 Å². The maximum Gasteiger partial charge on any atom is 0.224 e. The summed E-state index contributed by atoms with van der Waals surface area (Å²) in [6.45, 7) is 2.46. The van der Waals surface area contributed by atoms with E-state index in [0.717, 1.165) is 37.6 Å². The zero-order valence-electron chi connectivity index (χ0n) is 10.5. The van der Waals surface area contributed by atoms with Crippen LogP contribution in [0.5, 0.6) is 0 Å². The van der Waals surface area contributed by atoms with Gasteiger partial charge >= 0.3 is 0 Å². The van der Waals surface area contributed by atoms with E-state index in [9.17, 15) is 0 Å². The Hall–Kier alpha value is -1.65. The van der Waals surface area contributed by atoms with Gasteiger partial charge in [0.05, 0.1) is 5.69 Å². The highest BCUT2D eigenvalue weighted by atomic mass is 35.5. The van der Waals surface area contributed by atoms with Crippen molar-refractivity contribution in [1.29, 1.82) is 0 Å². The Labute approximate surface area is 117 Å². The number of hydrogen-bond donors (Lipinski definition) is 2. The van der Waals surface area contributed by atoms with Crippen LogP contribution in [0.3, 0.4) is 0 Å². The van der Waals surface area contributed by atoms with Gasteiger partial charge in [0, 0.05) is 18.7 Å². The summed E-state index contributed by atoms with van der Waals surface area (Å²) in [7, 11) is 0. The Balaban J connectivity index is 1.82. The van der Waals surface area contributed by atoms with Gasteiger partial charge < -0.3 is 10.6 Å². The van der Waals surface area contributed by atoms with Gasteiger partial charge in [0.2, 0.25) is 5.28 Å². The van der Waals surface area contributed by atoms with Crippen LogP contribution in [0.4, 0.5) is 5.82 Å². The molecule has 19 heavy (non-hydrogen) atoms. The molecule has 0 saturated carbocycles. The molecule has 1 aromatic carbocycles. The molecule has 0 aliphatic carbocycles. The zero-order chi connectivity index (χ0) is 13.1. The second-order valence-corrected chi connectivity index (χ2v) is 4.87. The van der Waals surface area contributed by atoms with Crippen molar-refractivity contribution in [2.24, 2.45) is 0 Å². The van der Waals surface area contributed by atoms with Gasteiger partial charge in [-0.2, -0.15) is 0 Å². The van der Waals surface area contributed by atoms with Gasteiger partial charge in [0.15, 0.2) is 0 Å². The van der Waals surface area contributed by atoms with E-state index >= 15 is 0 Å². The SMILES string of the molecule is Clc1nc2c(c(NCc3ccccc3)n1)CCNC2. The molecule has 4 nitrogen and oxygen atoms in total. The van der Waals surface area contributed by atoms with E-state index in [1.165, 1.54) is 11.1 Å². The van der Waals surface area contributed by atoms with E-state index in [1.54, 1.807) is 0 Å². The maximum atomic E-state index is 5.97. The summed E-state index contributed by atoms with van der Waals surface area (Å²) in [5.74, 6) is 0.861. The third-order valence-electron chi connectivity index (χ3n) is 3.21. The van der Waals surface area contributed by atoms with Crippen molar-refractivity contribution in [2.75, 3.05) is 11.9 Å². The summed E-state index contributed by atoms with van der Waals surface area (Å²) in [5.41, 5.74) is 3.40. The number of anilines is 1. The minimum atomic E-state index is 0.304. The first kappa shape index (κ1) is 12.4. The topological polar surface area (TPSA) is 49.8 Å². The molecular formula is C14H15ClN4. The lowest BCUT2D eigenvalue weighted by molar-refractivity contribution is 0.624. The lowest BCUT2D eigenvalue weighted by Crippen LogP contribution is -2.26. The van der Waals surface area contributed by atoms with Crippen molar-refractivity contribution < 1.29 is 0 Å². The smallest absolute Gasteiger partial charge is 0.224 e. The maximum absolute atomic E-state index is 5.97. The first-order valence-corrected chi connectivity index (χ1v) is 6.74. The third-order valence-corrected chi connectivity index (χ3v) is 3.38. The molecule has 98 valence electrons. The number of rotatable bonds is 3. The molecule has 5 heteroatoms. The van der Waals surface area contributed by atoms with Crippen LogP contribution in [0.25, 0.3) is 0 Å². The molecule has 0 spiro atoms. The number of fused-ring (bicyclic) bond motifs is 1. The van der Waals surface area contributed by atoms with Crippen LogP contribution in [0.1, 0.15) is 16.8 Å². The van der Waals surface area contributed by atoms with Gasteiger partial charge in [-0.3, -0.25) is 0 Å². The predicted molar refractivity (Wildman–Crippen MR) is 76.2 cm³/mol. The van der Waals surface area contributed by atoms with E-state index in [2.05, 4.69) is 32.7 Å². The summed E-state index contributed by atoms with van der Waals surface area (Å²) < 4.78 is 0. The molecule has 1 aliphatic rings. The van der Waals surface area contributed by atoms with Crippen LogP contribution in [-0.4, -0.2) is 16.5 Å². The summed E-state index contributed by atoms with van der Waals surface area (Å²) in [4.78, 5) is 8.60. The number of nitrogens with one attached hydrogen (secondary N) is 2. The fourth-order valence-electron chi connectivity index (χ4n) is 2.26. The number of nitrogens with zero attached hydrogens (tertiary/aromatic N) is 2. The number of benzene rings is 1. The standard InChI is InChI=1S/C14H15ClN4/c15-14-18-12-9-16-7-6-11(12)13(19-14)17-8-10-4-2-1-3-5-10/h1-5,16H,6-9H2,(H,17,18,19). The second kappa shape index (κ2) is 5.55. The van der Waals surface area contributed by atoms with Gasteiger partial charge in [-0.15, -0.1) is 0 Å². The highest BCUT2D eigenvalue weighted by Crippen LogP contribution is 2.22. The Bertz CT molecular complexity index is 571. The van der Waals surface area contributed by atoms with Crippen molar-refractivity contribution in [2.45, 2.75) is 19.5 Å². The largest absolute Gasteiger partial charge is 0.366 e. The van der Waals surface area contributed by atoms with Crippen molar-refractivity contribution in [3.05, 3.63) is 52.4 Å². The van der Waals surface area contributed by atoms with Crippen LogP contribution in [0, 0.1) is 0 Å². The molecule has 0 unspecified atom stereocenters. The minimum Gasteiger partial charge on any atom is -0.366 e. The first-order chi connectivity index (χ1) is 9.33. The molecule has 3 rings (SSSR count). The van der Waals surface area contributed by atoms with E-state index in [-0.39, 0.29) is 0 Å². The first-order valence-electron chi connectivity index (χ1n) is 6.37. The van der Waals surface area contributed by atoms with E-state index < -0.39 is 0 Å². The van der Waals surface area contributed by atoms with Gasteiger partial charge in [-0.1, -0.05) is 30.3 Å². The quantitative estimate of drug-likeness (QED) is 0.844. The molecule has 0 bridgehead atoms. The molecule has 1 aromatic heterocycles. The van der Waals surface area contributed by atoms with Crippen LogP contribution in [-0.2, 0) is 19.5 Å². The lowest BCUT2D eigenvalue weighted by atomic mass is 10.1. The van der Waals surface area contributed by atoms with Gasteiger partial charge in [-0.25, -0.2) is 9.97 Å². The highest BCUT2D eigenvalue weighted by molar-refractivity contribution is 6.28. The van der Waals surface area contributed by atoms with Crippen molar-refractivity contribution in [3.8, 4) is 0 Å². The fourth-order valence-corrected chi connectivity index (χ4v) is 2.44. The molecule has 2 aromatic rings. The van der Waals surface area contributed by atoms with Gasteiger partial charge in [0.1, 0.15) is 5.82 Å². The summed E-state index contributed by atoms with van der Waals surface area (Å²) in [6.07, 6.45) is 0.934. The van der Waals surface area contributed by atoms with Crippen LogP contribution in [0.2, 0.25) is 5.28 Å². The fraction of sp³-hybridized carbons (Fsp3) is 0.286. The monoisotopic (exact) mass is 274 g/mol. The highest BCUT2D eigenvalue weighted by Gasteiger charge is 2.16. The Morgan fingerprint density at radius 3 is 2.89 bits per heavy atom. The number of aromatic nitrogens is 2. The normalized spacial score (nSPS) is 13.9. The molecule has 1 aliphatic heterocycles. The van der Waals surface area contributed by atoms with E-state index in [4.69, 9.17) is 11.6 Å². The summed E-state index contributed by atoms with van der Waals surface area (Å²) in [5, 5.41) is 6.96. The van der Waals surface area contributed by atoms with Crippen LogP contribution in [0.15, 0.2) is 30.3 Å². The summed E-state index contributed by atoms with van der Waals surface area (Å²) in [6, 6.07) is 10.2. The summed E-state index contributed by atoms with van der Waals surface area (Å²) >= 11 is 5.97. The molecule has 0 amide bonds. The Morgan fingerprint density at radius 2 is 2.05 bits per heavy atom. The van der Waals surface area contributed by atoms with Crippen LogP contribution >= 0.6 is 11.6 Å². The molecule has 0 atom stereocenters. The molecular weight excluding hydrogens is 260 g/mol. The molecule has 0 radical (unpaired) electrons. The predicted octanol–water partition coefficient (Wildman–Crippen LogP) is 2.39. The van der Waals surface area contributed by atoms with Crippen molar-refractivity contribution >= 4 is 17.4 Å². The van der Waals surface area contributed by atoms with Gasteiger partial charge in [-0.05, 0) is 30.1 Å². The minimum absolute atomic E-state index is 0.304. The molecule has 2 heterocycles. The third kappa shape index (κ3) is 2.85. The Kier molecular flexibility index (Phi) is 3.62. The average Bonchev–Trinajstić information content (AvgIpc) is 2.45.